The van der Waals surface area contributed by atoms with Crippen molar-refractivity contribution in [3.8, 4) is 10.6 Å². The van der Waals surface area contributed by atoms with Gasteiger partial charge in [-0.2, -0.15) is 0 Å². The molecule has 2 N–H and O–H groups in total. The number of halogens is 1. The van der Waals surface area contributed by atoms with Crippen molar-refractivity contribution in [2.45, 2.75) is 12.5 Å². The van der Waals surface area contributed by atoms with Crippen LogP contribution in [0.2, 0.25) is 0 Å². The summed E-state index contributed by atoms with van der Waals surface area (Å²) in [7, 11) is 0. The van der Waals surface area contributed by atoms with Crippen molar-refractivity contribution in [3.05, 3.63) is 54.1 Å². The molecule has 0 aliphatic carbocycles. The second-order valence-electron chi connectivity index (χ2n) is 6.39. The molecule has 1 fully saturated rings. The van der Waals surface area contributed by atoms with E-state index in [1.807, 2.05) is 47.4 Å². The number of hydrogen-bond acceptors (Lipinski definition) is 5. The number of nitrogens with zero attached hydrogens (tertiary/aromatic N) is 2. The predicted molar refractivity (Wildman–Crippen MR) is 112 cm³/mol. The summed E-state index contributed by atoms with van der Waals surface area (Å²) < 4.78 is 6.83. The van der Waals surface area contributed by atoms with Gasteiger partial charge in [0.25, 0.3) is 5.91 Å². The number of ether oxygens (including phenoxy) is 1. The number of hydrogen-bond donors (Lipinski definition) is 1. The van der Waals surface area contributed by atoms with Gasteiger partial charge in [-0.25, -0.2) is 4.98 Å². The van der Waals surface area contributed by atoms with Gasteiger partial charge in [-0.15, -0.1) is 23.7 Å². The molecule has 142 valence electrons. The highest BCUT2D eigenvalue weighted by molar-refractivity contribution is 7.21. The molecule has 1 aromatic heterocycles. The molecule has 3 aromatic rings. The average Bonchev–Trinajstić information content (AvgIpc) is 3.12. The number of amides is 1. The molecule has 27 heavy (non-hydrogen) atoms. The van der Waals surface area contributed by atoms with Gasteiger partial charge in [-0.3, -0.25) is 4.79 Å². The maximum atomic E-state index is 12.8. The Kier molecular flexibility index (Phi) is 6.44. The zero-order valence-electron chi connectivity index (χ0n) is 14.8. The van der Waals surface area contributed by atoms with Crippen molar-refractivity contribution >= 4 is 39.9 Å². The summed E-state index contributed by atoms with van der Waals surface area (Å²) in [6.45, 7) is 2.37. The molecule has 0 spiro atoms. The van der Waals surface area contributed by atoms with E-state index < -0.39 is 0 Å². The number of rotatable bonds is 4. The molecule has 1 saturated heterocycles. The molecule has 4 rings (SSSR count). The van der Waals surface area contributed by atoms with Crippen LogP contribution in [0.1, 0.15) is 16.8 Å². The molecular weight excluding hydrogens is 382 g/mol. The highest BCUT2D eigenvalue weighted by Crippen LogP contribution is 2.30. The fourth-order valence-electron chi connectivity index (χ4n) is 3.20. The van der Waals surface area contributed by atoms with Gasteiger partial charge in [0, 0.05) is 24.2 Å². The van der Waals surface area contributed by atoms with Crippen molar-refractivity contribution in [2.24, 2.45) is 5.73 Å². The minimum absolute atomic E-state index is 0. The van der Waals surface area contributed by atoms with Crippen LogP contribution in [0.4, 0.5) is 0 Å². The molecule has 0 radical (unpaired) electrons. The van der Waals surface area contributed by atoms with Crippen LogP contribution in [0, 0.1) is 0 Å². The third-order valence-electron chi connectivity index (χ3n) is 4.59. The molecule has 2 aromatic carbocycles. The highest BCUT2D eigenvalue weighted by atomic mass is 35.5. The van der Waals surface area contributed by atoms with Crippen LogP contribution in [-0.2, 0) is 4.74 Å². The average molecular weight is 404 g/mol. The molecule has 1 unspecified atom stereocenters. The summed E-state index contributed by atoms with van der Waals surface area (Å²) in [6, 6.07) is 15.8. The van der Waals surface area contributed by atoms with E-state index in [1.54, 1.807) is 11.3 Å². The molecule has 1 aliphatic rings. The second kappa shape index (κ2) is 8.80. The molecule has 1 amide bonds. The number of fused-ring (bicyclic) bond motifs is 1. The van der Waals surface area contributed by atoms with Crippen LogP contribution in [0.3, 0.4) is 0 Å². The quantitative estimate of drug-likeness (QED) is 0.723. The van der Waals surface area contributed by atoms with Crippen molar-refractivity contribution in [1.29, 1.82) is 0 Å². The summed E-state index contributed by atoms with van der Waals surface area (Å²) in [5.74, 6) is 0.0474. The number of carbonyl (C=O) groups excluding carboxylic acids is 1. The lowest BCUT2D eigenvalue weighted by molar-refractivity contribution is -0.0236. The standard InChI is InChI=1S/C20H21N3O2S.ClH/c21-10-9-16-13-23(11-12-25-16)20(24)15-7-5-14(6-8-15)19-22-17-3-1-2-4-18(17)26-19;/h1-8,16H,9-13,21H2;1H. The van der Waals surface area contributed by atoms with Crippen LogP contribution >= 0.6 is 23.7 Å². The van der Waals surface area contributed by atoms with Gasteiger partial charge in [0.15, 0.2) is 0 Å². The van der Waals surface area contributed by atoms with Crippen LogP contribution in [0.15, 0.2) is 48.5 Å². The largest absolute Gasteiger partial charge is 0.374 e. The molecular formula is C20H22ClN3O2S. The first-order chi connectivity index (χ1) is 12.7. The van der Waals surface area contributed by atoms with Crippen molar-refractivity contribution < 1.29 is 9.53 Å². The fraction of sp³-hybridized carbons (Fsp3) is 0.300. The first-order valence-corrected chi connectivity index (χ1v) is 9.63. The van der Waals surface area contributed by atoms with Gasteiger partial charge in [-0.1, -0.05) is 24.3 Å². The Labute approximate surface area is 168 Å². The van der Waals surface area contributed by atoms with E-state index in [0.717, 1.165) is 22.5 Å². The minimum atomic E-state index is 0. The first kappa shape index (κ1) is 19.8. The Hall–Kier alpha value is -1.99. The van der Waals surface area contributed by atoms with E-state index in [0.29, 0.717) is 31.8 Å². The maximum Gasteiger partial charge on any atom is 0.254 e. The number of nitrogens with two attached hydrogens (primary N) is 1. The number of benzene rings is 2. The zero-order chi connectivity index (χ0) is 17.9. The molecule has 0 bridgehead atoms. The monoisotopic (exact) mass is 403 g/mol. The van der Waals surface area contributed by atoms with Crippen molar-refractivity contribution in [1.82, 2.24) is 9.88 Å². The van der Waals surface area contributed by atoms with E-state index in [4.69, 9.17) is 10.5 Å². The third kappa shape index (κ3) is 4.30. The number of thiazole rings is 1. The van der Waals surface area contributed by atoms with E-state index in [-0.39, 0.29) is 24.4 Å². The SMILES string of the molecule is Cl.NCCC1CN(C(=O)c2ccc(-c3nc4ccccc4s3)cc2)CCO1. The van der Waals surface area contributed by atoms with Crippen LogP contribution in [0.25, 0.3) is 20.8 Å². The molecule has 1 aliphatic heterocycles. The summed E-state index contributed by atoms with van der Waals surface area (Å²) in [5.41, 5.74) is 8.34. The number of para-hydroxylation sites is 1. The van der Waals surface area contributed by atoms with Gasteiger partial charge in [0.1, 0.15) is 5.01 Å². The Morgan fingerprint density at radius 1 is 1.22 bits per heavy atom. The number of carbonyl (C=O) groups is 1. The van der Waals surface area contributed by atoms with Crippen LogP contribution < -0.4 is 5.73 Å². The number of aromatic nitrogens is 1. The Balaban J connectivity index is 0.00000210. The van der Waals surface area contributed by atoms with Gasteiger partial charge < -0.3 is 15.4 Å². The topological polar surface area (TPSA) is 68.5 Å². The summed E-state index contributed by atoms with van der Waals surface area (Å²) >= 11 is 1.66. The smallest absolute Gasteiger partial charge is 0.254 e. The molecule has 0 saturated carbocycles. The van der Waals surface area contributed by atoms with Gasteiger partial charge in [-0.05, 0) is 37.2 Å². The summed E-state index contributed by atoms with van der Waals surface area (Å²) in [4.78, 5) is 19.3. The Morgan fingerprint density at radius 2 is 2.00 bits per heavy atom. The van der Waals surface area contributed by atoms with Crippen LogP contribution in [0.5, 0.6) is 0 Å². The summed E-state index contributed by atoms with van der Waals surface area (Å²) in [5, 5.41) is 0.972. The normalized spacial score (nSPS) is 16.9. The highest BCUT2D eigenvalue weighted by Gasteiger charge is 2.24. The zero-order valence-corrected chi connectivity index (χ0v) is 16.5. The lowest BCUT2D eigenvalue weighted by atomic mass is 10.1. The summed E-state index contributed by atoms with van der Waals surface area (Å²) in [6.07, 6.45) is 0.820. The van der Waals surface area contributed by atoms with E-state index in [1.165, 1.54) is 4.70 Å². The number of morpholine rings is 1. The maximum absolute atomic E-state index is 12.8. The molecule has 1 atom stereocenters. The van der Waals surface area contributed by atoms with E-state index in [2.05, 4.69) is 11.1 Å². The van der Waals surface area contributed by atoms with E-state index >= 15 is 0 Å². The van der Waals surface area contributed by atoms with Gasteiger partial charge in [0.05, 0.1) is 22.9 Å². The predicted octanol–water partition coefficient (Wildman–Crippen LogP) is 3.57. The minimum Gasteiger partial charge on any atom is -0.374 e. The lowest BCUT2D eigenvalue weighted by Gasteiger charge is -2.33. The first-order valence-electron chi connectivity index (χ1n) is 8.81. The Morgan fingerprint density at radius 3 is 2.74 bits per heavy atom. The molecule has 7 heteroatoms. The van der Waals surface area contributed by atoms with Crippen molar-refractivity contribution in [3.63, 3.8) is 0 Å². The van der Waals surface area contributed by atoms with E-state index in [9.17, 15) is 4.79 Å². The Bertz CT molecular complexity index is 878. The van der Waals surface area contributed by atoms with Gasteiger partial charge in [0.2, 0.25) is 0 Å². The second-order valence-corrected chi connectivity index (χ2v) is 7.42. The lowest BCUT2D eigenvalue weighted by Crippen LogP contribution is -2.46. The fourth-order valence-corrected chi connectivity index (χ4v) is 4.17. The molecule has 2 heterocycles. The van der Waals surface area contributed by atoms with Crippen molar-refractivity contribution in [2.75, 3.05) is 26.2 Å². The molecule has 5 nitrogen and oxygen atoms in total. The van der Waals surface area contributed by atoms with Crippen LogP contribution in [-0.4, -0.2) is 48.1 Å². The third-order valence-corrected chi connectivity index (χ3v) is 5.67. The van der Waals surface area contributed by atoms with Gasteiger partial charge >= 0.3 is 0 Å².